The van der Waals surface area contributed by atoms with Gasteiger partial charge in [0.1, 0.15) is 0 Å². The normalized spacial score (nSPS) is 26.7. The molecule has 1 fully saturated rings. The van der Waals surface area contributed by atoms with Crippen LogP contribution in [-0.2, 0) is 4.74 Å². The summed E-state index contributed by atoms with van der Waals surface area (Å²) in [5, 5.41) is 3.46. The van der Waals surface area contributed by atoms with E-state index in [-0.39, 0.29) is 0 Å². The molecule has 114 valence electrons. The Bertz CT molecular complexity index is 416. The smallest absolute Gasteiger partial charge is 0.203 e. The Balaban J connectivity index is 2.00. The van der Waals surface area contributed by atoms with Crippen LogP contribution in [0.5, 0.6) is 0 Å². The summed E-state index contributed by atoms with van der Waals surface area (Å²) in [6.45, 7) is 8.55. The van der Waals surface area contributed by atoms with E-state index in [1.165, 1.54) is 19.3 Å². The third kappa shape index (κ3) is 3.75. The molecule has 20 heavy (non-hydrogen) atoms. The molecule has 0 bridgehead atoms. The lowest BCUT2D eigenvalue weighted by Crippen LogP contribution is -2.24. The van der Waals surface area contributed by atoms with E-state index in [2.05, 4.69) is 41.8 Å². The van der Waals surface area contributed by atoms with Crippen molar-refractivity contribution < 1.29 is 4.74 Å². The van der Waals surface area contributed by atoms with Crippen molar-refractivity contribution in [3.05, 3.63) is 11.9 Å². The van der Waals surface area contributed by atoms with E-state index in [4.69, 9.17) is 4.74 Å². The topological polar surface area (TPSA) is 39.1 Å². The Labute approximate surface area is 122 Å². The second-order valence-electron chi connectivity index (χ2n) is 6.31. The van der Waals surface area contributed by atoms with Gasteiger partial charge in [0.2, 0.25) is 5.95 Å². The number of aryl methyl sites for hydroxylation is 1. The van der Waals surface area contributed by atoms with Crippen molar-refractivity contribution in [1.82, 2.24) is 9.55 Å². The van der Waals surface area contributed by atoms with Crippen LogP contribution in [0.4, 0.5) is 5.95 Å². The molecule has 1 aromatic rings. The van der Waals surface area contributed by atoms with Gasteiger partial charge in [-0.2, -0.15) is 0 Å². The van der Waals surface area contributed by atoms with Gasteiger partial charge in [-0.3, -0.25) is 0 Å². The van der Waals surface area contributed by atoms with E-state index in [9.17, 15) is 0 Å². The first-order valence-corrected chi connectivity index (χ1v) is 7.90. The number of nitrogens with one attached hydrogen (secondary N) is 1. The fraction of sp³-hybridized carbons (Fsp3) is 0.812. The third-order valence-electron chi connectivity index (χ3n) is 4.62. The zero-order valence-electron chi connectivity index (χ0n) is 13.4. The molecule has 1 saturated carbocycles. The monoisotopic (exact) mass is 279 g/mol. The second kappa shape index (κ2) is 7.11. The third-order valence-corrected chi connectivity index (χ3v) is 4.62. The Hall–Kier alpha value is -1.03. The molecule has 0 aliphatic heterocycles. The van der Waals surface area contributed by atoms with E-state index in [1.54, 1.807) is 7.11 Å². The molecular weight excluding hydrogens is 250 g/mol. The molecule has 0 radical (unpaired) electrons. The molecule has 1 N–H and O–H groups in total. The molecule has 4 heteroatoms. The van der Waals surface area contributed by atoms with Crippen LogP contribution in [0.3, 0.4) is 0 Å². The van der Waals surface area contributed by atoms with E-state index < -0.39 is 0 Å². The van der Waals surface area contributed by atoms with E-state index >= 15 is 0 Å². The number of rotatable bonds is 6. The van der Waals surface area contributed by atoms with Gasteiger partial charge in [0, 0.05) is 32.5 Å². The van der Waals surface area contributed by atoms with Gasteiger partial charge in [0.25, 0.3) is 0 Å². The minimum Gasteiger partial charge on any atom is -0.385 e. The summed E-state index contributed by atoms with van der Waals surface area (Å²) in [4.78, 5) is 4.64. The maximum atomic E-state index is 5.09. The molecule has 0 saturated heterocycles. The van der Waals surface area contributed by atoms with Crippen LogP contribution < -0.4 is 5.32 Å². The van der Waals surface area contributed by atoms with Gasteiger partial charge >= 0.3 is 0 Å². The van der Waals surface area contributed by atoms with Crippen molar-refractivity contribution in [2.45, 2.75) is 52.5 Å². The minimum atomic E-state index is 0.604. The highest BCUT2D eigenvalue weighted by Crippen LogP contribution is 2.37. The fourth-order valence-corrected chi connectivity index (χ4v) is 3.11. The van der Waals surface area contributed by atoms with Gasteiger partial charge in [-0.25, -0.2) is 4.98 Å². The van der Waals surface area contributed by atoms with Crippen LogP contribution in [0.1, 0.15) is 51.3 Å². The van der Waals surface area contributed by atoms with Crippen molar-refractivity contribution in [1.29, 1.82) is 0 Å². The van der Waals surface area contributed by atoms with Crippen LogP contribution in [0.15, 0.2) is 6.20 Å². The lowest BCUT2D eigenvalue weighted by atomic mass is 9.79. The van der Waals surface area contributed by atoms with Gasteiger partial charge in [0.15, 0.2) is 0 Å². The number of hydrogen-bond donors (Lipinski definition) is 1. The number of aromatic nitrogens is 2. The number of methoxy groups -OCH3 is 1. The van der Waals surface area contributed by atoms with Crippen molar-refractivity contribution in [2.75, 3.05) is 25.6 Å². The number of hydrogen-bond acceptors (Lipinski definition) is 3. The molecule has 1 aliphatic carbocycles. The highest BCUT2D eigenvalue weighted by atomic mass is 16.5. The SMILES string of the molecule is COCCCNc1nc(C)cn1C1CCC(C)C(C)C1. The van der Waals surface area contributed by atoms with Crippen molar-refractivity contribution in [2.24, 2.45) is 11.8 Å². The minimum absolute atomic E-state index is 0.604. The molecule has 3 unspecified atom stereocenters. The molecule has 4 nitrogen and oxygen atoms in total. The van der Waals surface area contributed by atoms with E-state index in [1.807, 2.05) is 0 Å². The van der Waals surface area contributed by atoms with Crippen molar-refractivity contribution >= 4 is 5.95 Å². The highest BCUT2D eigenvalue weighted by molar-refractivity contribution is 5.29. The maximum absolute atomic E-state index is 5.09. The van der Waals surface area contributed by atoms with Gasteiger partial charge in [-0.15, -0.1) is 0 Å². The lowest BCUT2D eigenvalue weighted by Gasteiger charge is -2.33. The summed E-state index contributed by atoms with van der Waals surface area (Å²) in [6.07, 6.45) is 7.08. The standard InChI is InChI=1S/C16H29N3O/c1-12-6-7-15(10-13(12)2)19-11-14(3)18-16(19)17-8-5-9-20-4/h11-13,15H,5-10H2,1-4H3,(H,17,18). The first kappa shape index (κ1) is 15.4. The van der Waals surface area contributed by atoms with Crippen molar-refractivity contribution in [3.63, 3.8) is 0 Å². The molecule has 0 aromatic carbocycles. The number of anilines is 1. The summed E-state index contributed by atoms with van der Waals surface area (Å²) in [5.74, 6) is 2.69. The molecule has 0 amide bonds. The van der Waals surface area contributed by atoms with Crippen LogP contribution in [0.2, 0.25) is 0 Å². The number of ether oxygens (including phenoxy) is 1. The Morgan fingerprint density at radius 2 is 2.15 bits per heavy atom. The molecule has 1 aliphatic rings. The zero-order chi connectivity index (χ0) is 14.5. The average Bonchev–Trinajstić information content (AvgIpc) is 2.79. The zero-order valence-corrected chi connectivity index (χ0v) is 13.4. The second-order valence-corrected chi connectivity index (χ2v) is 6.31. The molecule has 1 heterocycles. The highest BCUT2D eigenvalue weighted by Gasteiger charge is 2.27. The number of imidazole rings is 1. The summed E-state index contributed by atoms with van der Waals surface area (Å²) < 4.78 is 7.46. The van der Waals surface area contributed by atoms with E-state index in [0.717, 1.165) is 43.1 Å². The molecular formula is C16H29N3O. The Kier molecular flexibility index (Phi) is 5.46. The molecule has 3 atom stereocenters. The summed E-state index contributed by atoms with van der Waals surface area (Å²) >= 11 is 0. The Morgan fingerprint density at radius 1 is 1.35 bits per heavy atom. The molecule has 0 spiro atoms. The van der Waals surface area contributed by atoms with Gasteiger partial charge in [0.05, 0.1) is 5.69 Å². The summed E-state index contributed by atoms with van der Waals surface area (Å²) in [6, 6.07) is 0.604. The van der Waals surface area contributed by atoms with Gasteiger partial charge < -0.3 is 14.6 Å². The van der Waals surface area contributed by atoms with Crippen LogP contribution in [0, 0.1) is 18.8 Å². The van der Waals surface area contributed by atoms with Crippen LogP contribution >= 0.6 is 0 Å². The quantitative estimate of drug-likeness (QED) is 0.808. The van der Waals surface area contributed by atoms with Gasteiger partial charge in [-0.1, -0.05) is 13.8 Å². The lowest BCUT2D eigenvalue weighted by molar-refractivity contribution is 0.197. The average molecular weight is 279 g/mol. The van der Waals surface area contributed by atoms with E-state index in [0.29, 0.717) is 6.04 Å². The molecule has 1 aromatic heterocycles. The predicted molar refractivity (Wildman–Crippen MR) is 83.2 cm³/mol. The van der Waals surface area contributed by atoms with Gasteiger partial charge in [-0.05, 0) is 44.4 Å². The first-order chi connectivity index (χ1) is 9.61. The first-order valence-electron chi connectivity index (χ1n) is 7.90. The van der Waals surface area contributed by atoms with Crippen LogP contribution in [-0.4, -0.2) is 29.8 Å². The largest absolute Gasteiger partial charge is 0.385 e. The predicted octanol–water partition coefficient (Wildman–Crippen LogP) is 3.64. The fourth-order valence-electron chi connectivity index (χ4n) is 3.11. The maximum Gasteiger partial charge on any atom is 0.203 e. The summed E-state index contributed by atoms with van der Waals surface area (Å²) in [5.41, 5.74) is 1.10. The number of nitrogens with zero attached hydrogens (tertiary/aromatic N) is 2. The summed E-state index contributed by atoms with van der Waals surface area (Å²) in [7, 11) is 1.75. The molecule has 2 rings (SSSR count). The van der Waals surface area contributed by atoms with Crippen LogP contribution in [0.25, 0.3) is 0 Å². The van der Waals surface area contributed by atoms with Crippen molar-refractivity contribution in [3.8, 4) is 0 Å². The Morgan fingerprint density at radius 3 is 2.85 bits per heavy atom.